The van der Waals surface area contributed by atoms with Gasteiger partial charge in [0.25, 0.3) is 0 Å². The first kappa shape index (κ1) is 42.8. The second kappa shape index (κ2) is 15.5. The first-order chi connectivity index (χ1) is 27.3. The van der Waals surface area contributed by atoms with Crippen LogP contribution < -0.4 is 0 Å². The minimum atomic E-state index is -0.768. The second-order valence-corrected chi connectivity index (χ2v) is 22.7. The molecule has 0 aromatic carbocycles. The van der Waals surface area contributed by atoms with Crippen molar-refractivity contribution in [2.24, 2.45) is 103 Å². The summed E-state index contributed by atoms with van der Waals surface area (Å²) in [6, 6.07) is 0. The van der Waals surface area contributed by atoms with E-state index in [-0.39, 0.29) is 118 Å². The van der Waals surface area contributed by atoms with Gasteiger partial charge in [0.2, 0.25) is 0 Å². The zero-order valence-corrected chi connectivity index (χ0v) is 36.4. The van der Waals surface area contributed by atoms with Crippen LogP contribution in [0.3, 0.4) is 0 Å². The lowest BCUT2D eigenvalue weighted by molar-refractivity contribution is -0.150. The Balaban J connectivity index is 1.24. The first-order valence-electron chi connectivity index (χ1n) is 23.6. The monoisotopic (exact) mass is 809 g/mol. The summed E-state index contributed by atoms with van der Waals surface area (Å²) in [6.45, 7) is 14.0. The summed E-state index contributed by atoms with van der Waals surface area (Å²) in [4.78, 5) is 23.6. The van der Waals surface area contributed by atoms with Crippen molar-refractivity contribution in [1.29, 1.82) is 0 Å². The quantitative estimate of drug-likeness (QED) is 0.127. The van der Waals surface area contributed by atoms with E-state index >= 15 is 0 Å². The average Bonchev–Trinajstić information content (AvgIpc) is 3.71. The Kier molecular flexibility index (Phi) is 11.4. The number of carboxylic acids is 2. The van der Waals surface area contributed by atoms with E-state index in [4.69, 9.17) is 10.2 Å². The first-order valence-corrected chi connectivity index (χ1v) is 23.6. The molecule has 0 bridgehead atoms. The Morgan fingerprint density at radius 2 is 0.966 bits per heavy atom. The summed E-state index contributed by atoms with van der Waals surface area (Å²) < 4.78 is 0. The van der Waals surface area contributed by atoms with Gasteiger partial charge in [-0.3, -0.25) is 9.59 Å². The van der Waals surface area contributed by atoms with Crippen molar-refractivity contribution in [3.8, 4) is 0 Å². The Hall–Kier alpha value is -1.88. The standard InChI is InChI=1S/C48H76N2O8/c1-25(7-13-41(55)56)31-9-11-33-43-35(45(3)17-15-29(51)19-27(45)21-37(43)53)23-39(47(31,33)5)49-50-40-24-36-44(38(54)22-28-20-30(52)16-18-46(28,36)4)34-12-10-32(48(34,40)6)26(2)8-14-42(57)58/h25-38,43-44,51-54H,7-24H2,1-6H3,(H,55,56)(H,57,58)/b49-39+,50-40+/t25-,26-,27+,28+,29-,30-,31-,32-,33+,34+,35+,36+,37-,38-,43+,44+,45+,46+,47-,48-/m1/s1. The molecule has 326 valence electrons. The third kappa shape index (κ3) is 6.69. The van der Waals surface area contributed by atoms with Crippen molar-refractivity contribution < 1.29 is 40.2 Å². The van der Waals surface area contributed by atoms with Gasteiger partial charge in [-0.15, -0.1) is 0 Å². The number of hydrogen-bond donors (Lipinski definition) is 6. The molecular weight excluding hydrogens is 733 g/mol. The fourth-order valence-electron chi connectivity index (χ4n) is 17.3. The van der Waals surface area contributed by atoms with E-state index < -0.39 is 24.1 Å². The molecular formula is C48H76N2O8. The molecule has 8 aliphatic carbocycles. The summed E-state index contributed by atoms with van der Waals surface area (Å²) in [5, 5.41) is 76.3. The van der Waals surface area contributed by atoms with Crippen molar-refractivity contribution in [3.63, 3.8) is 0 Å². The number of aliphatic hydroxyl groups excluding tert-OH is 4. The molecule has 0 amide bonds. The lowest BCUT2D eigenvalue weighted by Gasteiger charge is -2.62. The van der Waals surface area contributed by atoms with E-state index in [1.807, 2.05) is 0 Å². The van der Waals surface area contributed by atoms with E-state index in [1.165, 1.54) is 0 Å². The van der Waals surface area contributed by atoms with Crippen molar-refractivity contribution in [2.75, 3.05) is 0 Å². The maximum Gasteiger partial charge on any atom is 0.303 e. The summed E-state index contributed by atoms with van der Waals surface area (Å²) in [6.07, 6.45) is 11.7. The second-order valence-electron chi connectivity index (χ2n) is 22.7. The fraction of sp³-hybridized carbons (Fsp3) is 0.917. The maximum atomic E-state index is 12.1. The van der Waals surface area contributed by atoms with Crippen molar-refractivity contribution in [2.45, 2.75) is 182 Å². The van der Waals surface area contributed by atoms with Gasteiger partial charge >= 0.3 is 11.9 Å². The Bertz CT molecular complexity index is 1530. The van der Waals surface area contributed by atoms with Crippen LogP contribution in [0.5, 0.6) is 0 Å². The van der Waals surface area contributed by atoms with Gasteiger partial charge in [-0.2, -0.15) is 10.2 Å². The molecule has 10 heteroatoms. The van der Waals surface area contributed by atoms with Gasteiger partial charge in [-0.25, -0.2) is 0 Å². The molecule has 0 aromatic rings. The Morgan fingerprint density at radius 1 is 0.586 bits per heavy atom. The molecule has 8 fully saturated rings. The van der Waals surface area contributed by atoms with Gasteiger partial charge in [0.05, 0.1) is 24.4 Å². The van der Waals surface area contributed by atoms with Crippen LogP contribution in [0.4, 0.5) is 0 Å². The third-order valence-corrected chi connectivity index (χ3v) is 20.5. The van der Waals surface area contributed by atoms with Gasteiger partial charge in [0.15, 0.2) is 0 Å². The molecule has 20 atom stereocenters. The van der Waals surface area contributed by atoms with E-state index in [1.54, 1.807) is 0 Å². The van der Waals surface area contributed by atoms with Gasteiger partial charge in [0.1, 0.15) is 0 Å². The number of nitrogens with zero attached hydrogens (tertiary/aromatic N) is 2. The number of fused-ring (bicyclic) bond motifs is 10. The zero-order valence-electron chi connectivity index (χ0n) is 36.4. The molecule has 8 rings (SSSR count). The van der Waals surface area contributed by atoms with Gasteiger partial charge in [-0.05, 0) is 185 Å². The number of carbonyl (C=O) groups is 2. The highest BCUT2D eigenvalue weighted by Crippen LogP contribution is 2.70. The molecule has 0 spiro atoms. The lowest BCUT2D eigenvalue weighted by atomic mass is 9.43. The van der Waals surface area contributed by atoms with E-state index in [2.05, 4.69) is 41.5 Å². The summed E-state index contributed by atoms with van der Waals surface area (Å²) in [7, 11) is 0. The third-order valence-electron chi connectivity index (χ3n) is 20.5. The zero-order chi connectivity index (χ0) is 41.7. The van der Waals surface area contributed by atoms with Gasteiger partial charge in [0, 0.05) is 35.1 Å². The summed E-state index contributed by atoms with van der Waals surface area (Å²) in [5.74, 6) is 0.837. The lowest BCUT2D eigenvalue weighted by Crippen LogP contribution is -2.61. The van der Waals surface area contributed by atoms with Crippen LogP contribution in [0, 0.1) is 92.7 Å². The molecule has 0 saturated heterocycles. The molecule has 0 aromatic heterocycles. The fourth-order valence-corrected chi connectivity index (χ4v) is 17.3. The molecule has 0 aliphatic heterocycles. The van der Waals surface area contributed by atoms with Gasteiger partial charge < -0.3 is 30.6 Å². The average molecular weight is 809 g/mol. The minimum absolute atomic E-state index is 0.0238. The van der Waals surface area contributed by atoms with Crippen molar-refractivity contribution in [3.05, 3.63) is 0 Å². The minimum Gasteiger partial charge on any atom is -0.481 e. The normalized spacial score (nSPS) is 52.1. The van der Waals surface area contributed by atoms with Crippen molar-refractivity contribution >= 4 is 23.4 Å². The van der Waals surface area contributed by atoms with Crippen LogP contribution in [-0.2, 0) is 9.59 Å². The number of aliphatic hydroxyl groups is 4. The molecule has 0 unspecified atom stereocenters. The molecule has 0 heterocycles. The van der Waals surface area contributed by atoms with E-state index in [0.29, 0.717) is 12.8 Å². The molecule has 10 nitrogen and oxygen atoms in total. The molecule has 58 heavy (non-hydrogen) atoms. The van der Waals surface area contributed by atoms with Crippen LogP contribution in [0.15, 0.2) is 10.2 Å². The number of rotatable bonds is 9. The highest BCUT2D eigenvalue weighted by molar-refractivity contribution is 5.95. The van der Waals surface area contributed by atoms with Gasteiger partial charge in [-0.1, -0.05) is 41.5 Å². The van der Waals surface area contributed by atoms with Crippen LogP contribution in [0.1, 0.15) is 157 Å². The van der Waals surface area contributed by atoms with Crippen molar-refractivity contribution in [1.82, 2.24) is 0 Å². The highest BCUT2D eigenvalue weighted by Gasteiger charge is 2.67. The van der Waals surface area contributed by atoms with Crippen LogP contribution >= 0.6 is 0 Å². The maximum absolute atomic E-state index is 12.1. The van der Waals surface area contributed by atoms with Crippen LogP contribution in [0.2, 0.25) is 0 Å². The number of aliphatic carboxylic acids is 2. The van der Waals surface area contributed by atoms with Crippen LogP contribution in [-0.4, -0.2) is 78.4 Å². The topological polar surface area (TPSA) is 180 Å². The predicted octanol–water partition coefficient (Wildman–Crippen LogP) is 7.99. The smallest absolute Gasteiger partial charge is 0.303 e. The predicted molar refractivity (Wildman–Crippen MR) is 223 cm³/mol. The Morgan fingerprint density at radius 3 is 1.33 bits per heavy atom. The summed E-state index contributed by atoms with van der Waals surface area (Å²) in [5.41, 5.74) is 1.48. The molecule has 6 N–H and O–H groups in total. The number of carboxylic acid groups (broad SMARTS) is 2. The summed E-state index contributed by atoms with van der Waals surface area (Å²) >= 11 is 0. The van der Waals surface area contributed by atoms with E-state index in [0.717, 1.165) is 101 Å². The molecule has 8 aliphatic rings. The molecule has 8 saturated carbocycles. The largest absolute Gasteiger partial charge is 0.481 e. The number of hydrogen-bond acceptors (Lipinski definition) is 8. The van der Waals surface area contributed by atoms with E-state index in [9.17, 15) is 40.2 Å². The highest BCUT2D eigenvalue weighted by atomic mass is 16.4. The molecule has 0 radical (unpaired) electrons. The Labute approximate surface area is 347 Å². The SMILES string of the molecule is C[C@H](CCC(=O)O)[C@H]1CC[C@H]2[C@@H]3[C@H](O)C[C@@H]4C[C@H](O)CC[C@]4(C)[C@H]3C/C(=N\N=C3/C[C@H]4[C@@H]([C@H](O)C[C@@H]5C[C@H](O)CC[C@@]54C)[C@@H]4CC[C@H]([C@H](C)CCC(=O)O)[C@@]34C)[C@]12C. The van der Waals surface area contributed by atoms with Crippen LogP contribution in [0.25, 0.3) is 0 Å².